The summed E-state index contributed by atoms with van der Waals surface area (Å²) in [7, 11) is -1.25. The predicted octanol–water partition coefficient (Wildman–Crippen LogP) is 3.96. The Morgan fingerprint density at radius 2 is 1.80 bits per heavy atom. The Bertz CT molecular complexity index is 322. The van der Waals surface area contributed by atoms with Crippen molar-refractivity contribution in [2.75, 3.05) is 0 Å². The van der Waals surface area contributed by atoms with Gasteiger partial charge in [0.05, 0.1) is 8.07 Å². The van der Waals surface area contributed by atoms with Crippen LogP contribution in [0.4, 0.5) is 0 Å². The quantitative estimate of drug-likeness (QED) is 0.530. The van der Waals surface area contributed by atoms with Gasteiger partial charge in [-0.1, -0.05) is 67.2 Å². The van der Waals surface area contributed by atoms with Crippen molar-refractivity contribution in [3.8, 4) is 0 Å². The van der Waals surface area contributed by atoms with Crippen LogP contribution in [0, 0.1) is 0 Å². The molecule has 0 nitrogen and oxygen atoms in total. The van der Waals surface area contributed by atoms with E-state index in [2.05, 4.69) is 63.3 Å². The van der Waals surface area contributed by atoms with Crippen molar-refractivity contribution >= 4 is 13.3 Å². The first kappa shape index (κ1) is 12.2. The fraction of sp³-hybridized carbons (Fsp3) is 0.429. The van der Waals surface area contributed by atoms with Gasteiger partial charge in [-0.05, 0) is 19.4 Å². The summed E-state index contributed by atoms with van der Waals surface area (Å²) >= 11 is 0. The van der Waals surface area contributed by atoms with Crippen LogP contribution >= 0.6 is 0 Å². The molecule has 0 unspecified atom stereocenters. The van der Waals surface area contributed by atoms with E-state index in [0.29, 0.717) is 0 Å². The van der Waals surface area contributed by atoms with Crippen LogP contribution in [0.3, 0.4) is 0 Å². The minimum atomic E-state index is -1.25. The Morgan fingerprint density at radius 3 is 2.33 bits per heavy atom. The Kier molecular flexibility index (Phi) is 4.34. The molecular formula is C14H22Si. The summed E-state index contributed by atoms with van der Waals surface area (Å²) in [5, 5.41) is 1.56. The zero-order valence-electron chi connectivity index (χ0n) is 10.4. The first-order chi connectivity index (χ1) is 7.06. The summed E-state index contributed by atoms with van der Waals surface area (Å²) in [6.07, 6.45) is 3.52. The van der Waals surface area contributed by atoms with Gasteiger partial charge in [-0.25, -0.2) is 0 Å². The van der Waals surface area contributed by atoms with E-state index in [0.717, 1.165) is 6.42 Å². The molecule has 1 aromatic rings. The molecule has 0 atom stereocenters. The van der Waals surface area contributed by atoms with Crippen molar-refractivity contribution in [3.63, 3.8) is 0 Å². The zero-order chi connectivity index (χ0) is 11.3. The topological polar surface area (TPSA) is 0 Å². The predicted molar refractivity (Wildman–Crippen MR) is 72.4 cm³/mol. The molecule has 0 aliphatic heterocycles. The van der Waals surface area contributed by atoms with Crippen LogP contribution in [0.15, 0.2) is 42.0 Å². The minimum absolute atomic E-state index is 1.16. The number of benzene rings is 1. The molecule has 0 aliphatic rings. The fourth-order valence-corrected chi connectivity index (χ4v) is 4.95. The lowest BCUT2D eigenvalue weighted by molar-refractivity contribution is 1.16. The summed E-state index contributed by atoms with van der Waals surface area (Å²) in [6.45, 7) is 9.38. The lowest BCUT2D eigenvalue weighted by Crippen LogP contribution is -2.41. The van der Waals surface area contributed by atoms with E-state index in [-0.39, 0.29) is 0 Å². The molecule has 1 aromatic carbocycles. The third kappa shape index (κ3) is 3.67. The van der Waals surface area contributed by atoms with E-state index in [4.69, 9.17) is 0 Å². The first-order valence-electron chi connectivity index (χ1n) is 5.77. The van der Waals surface area contributed by atoms with Crippen LogP contribution in [-0.2, 0) is 0 Å². The molecule has 0 heterocycles. The second kappa shape index (κ2) is 5.31. The minimum Gasteiger partial charge on any atom is -0.0862 e. The van der Waals surface area contributed by atoms with E-state index in [1.54, 1.807) is 10.8 Å². The highest BCUT2D eigenvalue weighted by Gasteiger charge is 2.22. The Balaban J connectivity index is 2.80. The lowest BCUT2D eigenvalue weighted by atomic mass is 10.3. The maximum absolute atomic E-state index is 2.45. The van der Waals surface area contributed by atoms with E-state index in [1.807, 2.05) is 0 Å². The molecule has 0 radical (unpaired) electrons. The molecule has 0 saturated heterocycles. The molecule has 0 saturated carbocycles. The molecule has 1 heteroatoms. The van der Waals surface area contributed by atoms with Gasteiger partial charge in [0.25, 0.3) is 0 Å². The van der Waals surface area contributed by atoms with Crippen molar-refractivity contribution in [1.82, 2.24) is 0 Å². The third-order valence-corrected chi connectivity index (χ3v) is 6.17. The Hall–Kier alpha value is -0.823. The molecule has 0 aliphatic carbocycles. The maximum atomic E-state index is 2.45. The molecule has 0 N–H and O–H groups in total. The molecule has 15 heavy (non-hydrogen) atoms. The number of rotatable bonds is 4. The molecule has 0 fully saturated rings. The molecule has 0 bridgehead atoms. The van der Waals surface area contributed by atoms with Crippen molar-refractivity contribution in [2.45, 2.75) is 39.4 Å². The van der Waals surface area contributed by atoms with Gasteiger partial charge >= 0.3 is 0 Å². The van der Waals surface area contributed by atoms with E-state index in [9.17, 15) is 0 Å². The van der Waals surface area contributed by atoms with Crippen molar-refractivity contribution in [2.24, 2.45) is 0 Å². The van der Waals surface area contributed by atoms with Crippen LogP contribution < -0.4 is 5.19 Å². The molecular weight excluding hydrogens is 196 g/mol. The summed E-state index contributed by atoms with van der Waals surface area (Å²) in [6, 6.07) is 12.3. The van der Waals surface area contributed by atoms with E-state index >= 15 is 0 Å². The van der Waals surface area contributed by atoms with Crippen LogP contribution in [0.2, 0.25) is 19.1 Å². The largest absolute Gasteiger partial charge is 0.0862 e. The highest BCUT2D eigenvalue weighted by atomic mass is 28.3. The Morgan fingerprint density at radius 1 is 1.20 bits per heavy atom. The molecule has 0 spiro atoms. The average molecular weight is 218 g/mol. The van der Waals surface area contributed by atoms with Crippen molar-refractivity contribution < 1.29 is 0 Å². The number of hydrogen-bond donors (Lipinski definition) is 0. The standard InChI is InChI=1S/C14H22Si/c1-5-9-13(2)12-15(3,4)14-10-7-6-8-11-14/h6-11H,5,12H2,1-4H3/b13-9-. The maximum Gasteiger partial charge on any atom is 0.0845 e. The molecule has 82 valence electrons. The molecule has 0 aromatic heterocycles. The van der Waals surface area contributed by atoms with Crippen molar-refractivity contribution in [3.05, 3.63) is 42.0 Å². The van der Waals surface area contributed by atoms with E-state index < -0.39 is 8.07 Å². The van der Waals surface area contributed by atoms with Crippen LogP contribution in [-0.4, -0.2) is 8.07 Å². The normalized spacial score (nSPS) is 12.9. The van der Waals surface area contributed by atoms with Crippen LogP contribution in [0.25, 0.3) is 0 Å². The SMILES string of the molecule is CC/C=C(/C)C[Si](C)(C)c1ccccc1. The summed E-state index contributed by atoms with van der Waals surface area (Å²) < 4.78 is 0. The van der Waals surface area contributed by atoms with Gasteiger partial charge in [-0.15, -0.1) is 0 Å². The van der Waals surface area contributed by atoms with Crippen LogP contribution in [0.1, 0.15) is 20.3 Å². The van der Waals surface area contributed by atoms with Gasteiger partial charge in [0.2, 0.25) is 0 Å². The molecule has 0 amide bonds. The Labute approximate surface area is 95.0 Å². The number of allylic oxidation sites excluding steroid dienone is 2. The monoisotopic (exact) mass is 218 g/mol. The first-order valence-corrected chi connectivity index (χ1v) is 8.98. The number of hydrogen-bond acceptors (Lipinski definition) is 0. The average Bonchev–Trinajstić information content (AvgIpc) is 2.18. The lowest BCUT2D eigenvalue weighted by Gasteiger charge is -2.23. The highest BCUT2D eigenvalue weighted by Crippen LogP contribution is 2.16. The second-order valence-electron chi connectivity index (χ2n) is 4.89. The van der Waals surface area contributed by atoms with Gasteiger partial charge in [0.15, 0.2) is 0 Å². The highest BCUT2D eigenvalue weighted by molar-refractivity contribution is 6.90. The second-order valence-corrected chi connectivity index (χ2v) is 9.58. The summed E-state index contributed by atoms with van der Waals surface area (Å²) in [4.78, 5) is 0. The van der Waals surface area contributed by atoms with Gasteiger partial charge < -0.3 is 0 Å². The smallest absolute Gasteiger partial charge is 0.0845 e. The zero-order valence-corrected chi connectivity index (χ0v) is 11.4. The summed E-state index contributed by atoms with van der Waals surface area (Å²) in [5.41, 5.74) is 1.55. The van der Waals surface area contributed by atoms with Gasteiger partial charge in [0, 0.05) is 0 Å². The van der Waals surface area contributed by atoms with Crippen molar-refractivity contribution in [1.29, 1.82) is 0 Å². The fourth-order valence-electron chi connectivity index (χ4n) is 2.11. The van der Waals surface area contributed by atoms with Gasteiger partial charge in [0.1, 0.15) is 0 Å². The van der Waals surface area contributed by atoms with Gasteiger partial charge in [-0.3, -0.25) is 0 Å². The van der Waals surface area contributed by atoms with E-state index in [1.165, 1.54) is 6.04 Å². The van der Waals surface area contributed by atoms with Gasteiger partial charge in [-0.2, -0.15) is 0 Å². The summed E-state index contributed by atoms with van der Waals surface area (Å²) in [5.74, 6) is 0. The third-order valence-electron chi connectivity index (χ3n) is 2.83. The van der Waals surface area contributed by atoms with Crippen LogP contribution in [0.5, 0.6) is 0 Å². The molecule has 1 rings (SSSR count).